The highest BCUT2D eigenvalue weighted by molar-refractivity contribution is 7.79. The summed E-state index contributed by atoms with van der Waals surface area (Å²) in [5.41, 5.74) is 12.1. The fraction of sp³-hybridized carbons (Fsp3) is 0.667. The first-order valence-electron chi connectivity index (χ1n) is 13.8. The minimum absolute atomic E-state index is 0.0472. The first-order chi connectivity index (χ1) is 21.9. The molecule has 0 saturated carbocycles. The number of amides is 1. The molecule has 13 atom stereocenters. The Hall–Kier alpha value is -2.55. The third-order valence-corrected chi connectivity index (χ3v) is 10.1. The number of nitrogens with two attached hydrogens (primary N) is 2. The van der Waals surface area contributed by atoms with Crippen molar-refractivity contribution in [2.45, 2.75) is 67.6 Å². The highest BCUT2D eigenvalue weighted by Crippen LogP contribution is 2.53. The van der Waals surface area contributed by atoms with Crippen LogP contribution in [0.2, 0.25) is 0 Å². The molecule has 7 rings (SSSR count). The van der Waals surface area contributed by atoms with Gasteiger partial charge in [-0.15, -0.1) is 0 Å². The van der Waals surface area contributed by atoms with Crippen molar-refractivity contribution >= 4 is 59.3 Å². The molecular formula is C21H27B2FN10O10P2-2. The van der Waals surface area contributed by atoms with Crippen molar-refractivity contribution in [3.8, 4) is 0 Å². The first kappa shape index (κ1) is 32.0. The van der Waals surface area contributed by atoms with Crippen LogP contribution in [-0.4, -0.2) is 134 Å². The molecule has 5 aliphatic heterocycles. The molecule has 7 heterocycles. The number of halogens is 1. The number of imidazole rings is 1. The SMILES string of the molecule is [B-][P@@]1(=O)OCC2OC(N3C=NC4C(=O)NC(N)NC43)C(O[P@]([B-])(=O)OCC3OC(n4cnc5c(N)ncnc54)C(F)C3O1)C2OC. The number of fused-ring (bicyclic) bond motifs is 5. The van der Waals surface area contributed by atoms with Gasteiger partial charge in [0.15, 0.2) is 36.1 Å². The summed E-state index contributed by atoms with van der Waals surface area (Å²) in [7, 11) is 4.18. The maximum absolute atomic E-state index is 16.0. The maximum Gasteiger partial charge on any atom is 0.250 e. The zero-order valence-electron chi connectivity index (χ0n) is 23.8. The van der Waals surface area contributed by atoms with E-state index in [1.807, 2.05) is 0 Å². The molecule has 6 radical (unpaired) electrons. The molecule has 2 aromatic heterocycles. The zero-order chi connectivity index (χ0) is 32.5. The number of nitrogen functional groups attached to an aromatic ring is 1. The number of rotatable bonds is 3. The predicted molar refractivity (Wildman–Crippen MR) is 154 cm³/mol. The average molecular weight is 682 g/mol. The molecule has 2 bridgehead atoms. The molecular weight excluding hydrogens is 655 g/mol. The Morgan fingerprint density at radius 1 is 1.07 bits per heavy atom. The molecule has 11 unspecified atom stereocenters. The smallest absolute Gasteiger partial charge is 0.250 e. The summed E-state index contributed by atoms with van der Waals surface area (Å²) in [6.07, 6.45) is -9.16. The van der Waals surface area contributed by atoms with Gasteiger partial charge in [0.25, 0.3) is 5.91 Å². The predicted octanol–water partition coefficient (Wildman–Crippen LogP) is -2.25. The lowest BCUT2D eigenvalue weighted by Gasteiger charge is -2.41. The van der Waals surface area contributed by atoms with Gasteiger partial charge in [0.05, 0.1) is 40.8 Å². The van der Waals surface area contributed by atoms with Crippen molar-refractivity contribution in [1.82, 2.24) is 35.1 Å². The topological polar surface area (TPSA) is 251 Å². The Kier molecular flexibility index (Phi) is 8.25. The summed E-state index contributed by atoms with van der Waals surface area (Å²) in [6.45, 7) is -1.20. The van der Waals surface area contributed by atoms with Gasteiger partial charge in [0.1, 0.15) is 54.8 Å². The van der Waals surface area contributed by atoms with Crippen LogP contribution in [0, 0.1) is 0 Å². The molecule has 1 amide bonds. The van der Waals surface area contributed by atoms with E-state index >= 15 is 4.39 Å². The van der Waals surface area contributed by atoms with Crippen molar-refractivity contribution in [1.29, 1.82) is 0 Å². The molecule has 4 fully saturated rings. The lowest BCUT2D eigenvalue weighted by molar-refractivity contribution is -0.130. The van der Waals surface area contributed by atoms with Gasteiger partial charge in [-0.05, 0) is 0 Å². The number of carbonyl (C=O) groups is 1. The molecule has 2 aromatic rings. The van der Waals surface area contributed by atoms with Crippen LogP contribution in [0.5, 0.6) is 0 Å². The highest BCUT2D eigenvalue weighted by atomic mass is 31.2. The third kappa shape index (κ3) is 5.66. The minimum Gasteiger partial charge on any atom is -0.444 e. The van der Waals surface area contributed by atoms with Crippen LogP contribution < -0.4 is 22.1 Å². The summed E-state index contributed by atoms with van der Waals surface area (Å²) >= 11 is 0. The minimum atomic E-state index is -4.55. The Morgan fingerprint density at radius 3 is 2.50 bits per heavy atom. The Bertz CT molecular complexity index is 1650. The number of hydrogen-bond acceptors (Lipinski definition) is 18. The number of hydrogen-bond donors (Lipinski definition) is 4. The largest absolute Gasteiger partial charge is 0.444 e. The van der Waals surface area contributed by atoms with E-state index in [1.54, 1.807) is 0 Å². The molecule has 0 aromatic carbocycles. The summed E-state index contributed by atoms with van der Waals surface area (Å²) in [4.78, 5) is 30.2. The molecule has 5 aliphatic rings. The van der Waals surface area contributed by atoms with Crippen molar-refractivity contribution in [3.63, 3.8) is 0 Å². The summed E-state index contributed by atoms with van der Waals surface area (Å²) in [6, 6.07) is -0.905. The van der Waals surface area contributed by atoms with E-state index < -0.39 is 102 Å². The summed E-state index contributed by atoms with van der Waals surface area (Å²) in [5, 5.41) is 5.50. The molecule has 246 valence electrons. The van der Waals surface area contributed by atoms with E-state index in [9.17, 15) is 13.9 Å². The summed E-state index contributed by atoms with van der Waals surface area (Å²) in [5.74, 6) is -0.397. The zero-order valence-corrected chi connectivity index (χ0v) is 25.6. The van der Waals surface area contributed by atoms with E-state index in [1.165, 1.54) is 29.2 Å². The number of aliphatic imine (C=N–C) groups is 1. The fourth-order valence-electron chi connectivity index (χ4n) is 6.01. The fourth-order valence-corrected chi connectivity index (χ4v) is 8.00. The van der Waals surface area contributed by atoms with Crippen LogP contribution in [0.1, 0.15) is 6.23 Å². The summed E-state index contributed by atoms with van der Waals surface area (Å²) < 4.78 is 84.1. The first-order valence-corrected chi connectivity index (χ1v) is 17.0. The second-order valence-corrected chi connectivity index (χ2v) is 14.0. The van der Waals surface area contributed by atoms with E-state index in [2.05, 4.69) is 30.6 Å². The Labute approximate surface area is 262 Å². The second kappa shape index (κ2) is 11.9. The third-order valence-electron chi connectivity index (χ3n) is 8.05. The van der Waals surface area contributed by atoms with Crippen LogP contribution in [0.4, 0.5) is 10.2 Å². The standard InChI is InChI=1S/C21H27B2FN10O10P2/c1-38-13-8-3-40-45(22,36)43-12-7(41-19(9(12)24)33-5-29-10-15(25)27-4-28-16(10)33)2-39-46(23,37)44-14(13)20(42-8)34-6-30-11-17(34)31-21(26)32-18(11)35/h4-9,11-14,17,19-21,31H,2-3,26H2,1H3,(H,32,35)(H2,25,27,28)/q-2/t7?,8?,9?,11?,12?,13?,14?,17?,19?,20?,21?,45-,46-/m1/s1. The van der Waals surface area contributed by atoms with Gasteiger partial charge in [-0.25, -0.2) is 19.3 Å². The van der Waals surface area contributed by atoms with Gasteiger partial charge < -0.3 is 72.5 Å². The van der Waals surface area contributed by atoms with Crippen molar-refractivity contribution < 1.29 is 50.6 Å². The van der Waals surface area contributed by atoms with Gasteiger partial charge in [-0.1, -0.05) is 0 Å². The number of aromatic nitrogens is 4. The lowest BCUT2D eigenvalue weighted by atomic mass is 10.1. The maximum atomic E-state index is 16.0. The molecule has 4 saturated heterocycles. The Morgan fingerprint density at radius 2 is 1.76 bits per heavy atom. The van der Waals surface area contributed by atoms with Gasteiger partial charge in [-0.2, -0.15) is 0 Å². The number of anilines is 1. The Balaban J connectivity index is 1.17. The molecule has 0 spiro atoms. The number of ether oxygens (including phenoxy) is 3. The normalized spacial score (nSPS) is 44.7. The van der Waals surface area contributed by atoms with Crippen molar-refractivity contribution in [2.24, 2.45) is 10.7 Å². The van der Waals surface area contributed by atoms with Crippen molar-refractivity contribution in [3.05, 3.63) is 12.7 Å². The average Bonchev–Trinajstić information content (AvgIpc) is 3.75. The van der Waals surface area contributed by atoms with Crippen LogP contribution >= 0.6 is 14.9 Å². The molecule has 46 heavy (non-hydrogen) atoms. The number of nitrogens with zero attached hydrogens (tertiary/aromatic N) is 6. The number of carbonyl (C=O) groups excluding carboxylic acids is 1. The molecule has 0 aliphatic carbocycles. The lowest BCUT2D eigenvalue weighted by Crippen LogP contribution is -2.70. The van der Waals surface area contributed by atoms with E-state index in [0.29, 0.717) is 0 Å². The van der Waals surface area contributed by atoms with Crippen LogP contribution in [-0.2, 0) is 46.2 Å². The van der Waals surface area contributed by atoms with Crippen LogP contribution in [0.25, 0.3) is 11.2 Å². The van der Waals surface area contributed by atoms with Gasteiger partial charge >= 0.3 is 0 Å². The van der Waals surface area contributed by atoms with Gasteiger partial charge in [-0.3, -0.25) is 25.4 Å². The van der Waals surface area contributed by atoms with E-state index in [-0.39, 0.29) is 17.0 Å². The number of alkyl halides is 1. The van der Waals surface area contributed by atoms with E-state index in [0.717, 1.165) is 6.33 Å². The van der Waals surface area contributed by atoms with Crippen LogP contribution in [0.3, 0.4) is 0 Å². The van der Waals surface area contributed by atoms with Gasteiger partial charge in [0.2, 0.25) is 0 Å². The molecule has 20 nitrogen and oxygen atoms in total. The number of nitrogens with one attached hydrogen (secondary N) is 2. The van der Waals surface area contributed by atoms with Crippen molar-refractivity contribution in [2.75, 3.05) is 26.1 Å². The monoisotopic (exact) mass is 682 g/mol. The van der Waals surface area contributed by atoms with Gasteiger partial charge in [0, 0.05) is 7.11 Å². The number of methoxy groups -OCH3 is 1. The molecule has 6 N–H and O–H groups in total. The highest BCUT2D eigenvalue weighted by Gasteiger charge is 2.55. The van der Waals surface area contributed by atoms with E-state index in [4.69, 9.17) is 58.9 Å². The molecule has 25 heteroatoms. The second-order valence-electron chi connectivity index (χ2n) is 10.9. The quantitative estimate of drug-likeness (QED) is 0.197. The van der Waals surface area contributed by atoms with Crippen LogP contribution in [0.15, 0.2) is 17.6 Å².